The zero-order valence-corrected chi connectivity index (χ0v) is 11.6. The molecular formula is C14H16ClNO3. The first-order valence-corrected chi connectivity index (χ1v) is 6.54. The quantitative estimate of drug-likeness (QED) is 0.891. The monoisotopic (exact) mass is 281 g/mol. The van der Waals surface area contributed by atoms with Crippen LogP contribution in [0.3, 0.4) is 0 Å². The number of hydrogen-bond donors (Lipinski definition) is 2. The normalized spacial score (nSPS) is 17.6. The number of halogens is 1. The van der Waals surface area contributed by atoms with Crippen molar-refractivity contribution in [3.8, 4) is 0 Å². The lowest BCUT2D eigenvalue weighted by atomic mass is 9.95. The summed E-state index contributed by atoms with van der Waals surface area (Å²) in [4.78, 5) is 23.5. The fraction of sp³-hybridized carbons (Fsp3) is 0.429. The fourth-order valence-corrected chi connectivity index (χ4v) is 2.46. The fourth-order valence-electron chi connectivity index (χ4n) is 2.17. The average Bonchev–Trinajstić information content (AvgIpc) is 3.10. The number of amides is 1. The van der Waals surface area contributed by atoms with Crippen molar-refractivity contribution in [2.45, 2.75) is 32.2 Å². The van der Waals surface area contributed by atoms with Crippen molar-refractivity contribution in [1.82, 2.24) is 5.32 Å². The molecule has 2 rings (SSSR count). The molecule has 0 aliphatic heterocycles. The Labute approximate surface area is 116 Å². The van der Waals surface area contributed by atoms with E-state index in [1.165, 1.54) is 0 Å². The van der Waals surface area contributed by atoms with Gasteiger partial charge in [0.25, 0.3) is 5.91 Å². The van der Waals surface area contributed by atoms with Gasteiger partial charge in [-0.1, -0.05) is 11.6 Å². The van der Waals surface area contributed by atoms with Gasteiger partial charge in [0.15, 0.2) is 0 Å². The van der Waals surface area contributed by atoms with Gasteiger partial charge in [-0.05, 0) is 56.4 Å². The molecule has 102 valence electrons. The zero-order chi connectivity index (χ0) is 14.2. The zero-order valence-electron chi connectivity index (χ0n) is 10.9. The molecule has 1 aromatic carbocycles. The third-order valence-corrected chi connectivity index (χ3v) is 3.73. The highest BCUT2D eigenvalue weighted by atomic mass is 35.5. The van der Waals surface area contributed by atoms with Crippen LogP contribution in [0.5, 0.6) is 0 Å². The Morgan fingerprint density at radius 2 is 2.00 bits per heavy atom. The minimum absolute atomic E-state index is 0.00855. The lowest BCUT2D eigenvalue weighted by molar-refractivity contribution is -0.144. The number of aliphatic carboxylic acids is 1. The first-order chi connectivity index (χ1) is 8.83. The van der Waals surface area contributed by atoms with E-state index in [9.17, 15) is 14.7 Å². The van der Waals surface area contributed by atoms with Crippen molar-refractivity contribution < 1.29 is 14.7 Å². The highest BCUT2D eigenvalue weighted by Crippen LogP contribution is 2.39. The molecule has 2 N–H and O–H groups in total. The number of carboxylic acids is 1. The minimum Gasteiger partial charge on any atom is -0.480 e. The molecule has 1 atom stereocenters. The van der Waals surface area contributed by atoms with E-state index >= 15 is 0 Å². The third-order valence-electron chi connectivity index (χ3n) is 3.52. The Morgan fingerprint density at radius 1 is 1.37 bits per heavy atom. The molecule has 0 bridgehead atoms. The van der Waals surface area contributed by atoms with Crippen LogP contribution < -0.4 is 5.32 Å². The molecule has 1 amide bonds. The summed E-state index contributed by atoms with van der Waals surface area (Å²) in [5.74, 6) is -1.39. The number of carbonyl (C=O) groups excluding carboxylic acids is 1. The highest BCUT2D eigenvalue weighted by molar-refractivity contribution is 6.31. The summed E-state index contributed by atoms with van der Waals surface area (Å²) >= 11 is 5.91. The maximum atomic E-state index is 12.2. The number of carboxylic acid groups (broad SMARTS) is 1. The molecule has 1 aromatic rings. The lowest BCUT2D eigenvalue weighted by Gasteiger charge is -2.26. The standard InChI is InChI=1S/C14H16ClNO3/c1-8-5-9(7-11(15)6-8)12(17)16-14(2,13(18)19)10-3-4-10/h5-7,10H,3-4H2,1-2H3,(H,16,17)(H,18,19). The van der Waals surface area contributed by atoms with E-state index in [0.29, 0.717) is 10.6 Å². The number of nitrogens with one attached hydrogen (secondary N) is 1. The highest BCUT2D eigenvalue weighted by Gasteiger charge is 2.48. The van der Waals surface area contributed by atoms with Gasteiger partial charge >= 0.3 is 5.97 Å². The van der Waals surface area contributed by atoms with Crippen LogP contribution in [-0.2, 0) is 4.79 Å². The molecule has 4 nitrogen and oxygen atoms in total. The molecule has 19 heavy (non-hydrogen) atoms. The van der Waals surface area contributed by atoms with E-state index in [0.717, 1.165) is 18.4 Å². The van der Waals surface area contributed by atoms with Crippen molar-refractivity contribution in [3.05, 3.63) is 34.3 Å². The van der Waals surface area contributed by atoms with E-state index < -0.39 is 17.4 Å². The second-order valence-corrected chi connectivity index (χ2v) is 5.69. The number of hydrogen-bond acceptors (Lipinski definition) is 2. The maximum Gasteiger partial charge on any atom is 0.329 e. The van der Waals surface area contributed by atoms with Gasteiger partial charge in [-0.15, -0.1) is 0 Å². The molecule has 1 unspecified atom stereocenters. The van der Waals surface area contributed by atoms with Crippen LogP contribution in [0.25, 0.3) is 0 Å². The second-order valence-electron chi connectivity index (χ2n) is 5.25. The third kappa shape index (κ3) is 2.89. The number of rotatable bonds is 4. The number of carbonyl (C=O) groups is 2. The number of aryl methyl sites for hydroxylation is 1. The van der Waals surface area contributed by atoms with E-state index in [-0.39, 0.29) is 5.92 Å². The largest absolute Gasteiger partial charge is 0.480 e. The maximum absolute atomic E-state index is 12.2. The van der Waals surface area contributed by atoms with Crippen molar-refractivity contribution in [2.24, 2.45) is 5.92 Å². The molecule has 0 radical (unpaired) electrons. The van der Waals surface area contributed by atoms with Crippen LogP contribution in [0.4, 0.5) is 0 Å². The Kier molecular flexibility index (Phi) is 3.54. The van der Waals surface area contributed by atoms with Crippen molar-refractivity contribution >= 4 is 23.5 Å². The molecule has 1 aliphatic rings. The van der Waals surface area contributed by atoms with E-state index in [2.05, 4.69) is 5.32 Å². The molecule has 0 saturated heterocycles. The second kappa shape index (κ2) is 4.85. The number of benzene rings is 1. The SMILES string of the molecule is Cc1cc(Cl)cc(C(=O)NC(C)(C(=O)O)C2CC2)c1. The Morgan fingerprint density at radius 3 is 2.47 bits per heavy atom. The van der Waals surface area contributed by atoms with Crippen molar-refractivity contribution in [3.63, 3.8) is 0 Å². The van der Waals surface area contributed by atoms with Gasteiger partial charge in [0.2, 0.25) is 0 Å². The van der Waals surface area contributed by atoms with E-state index in [1.54, 1.807) is 25.1 Å². The van der Waals surface area contributed by atoms with Crippen molar-refractivity contribution in [2.75, 3.05) is 0 Å². The minimum atomic E-state index is -1.20. The smallest absolute Gasteiger partial charge is 0.329 e. The summed E-state index contributed by atoms with van der Waals surface area (Å²) in [5.41, 5.74) is 0.0482. The van der Waals surface area contributed by atoms with E-state index in [4.69, 9.17) is 11.6 Å². The van der Waals surface area contributed by atoms with Crippen LogP contribution in [0.2, 0.25) is 5.02 Å². The summed E-state index contributed by atoms with van der Waals surface area (Å²) < 4.78 is 0. The van der Waals surface area contributed by atoms with Gasteiger partial charge in [0.05, 0.1) is 0 Å². The molecule has 1 aliphatic carbocycles. The van der Waals surface area contributed by atoms with Gasteiger partial charge in [0, 0.05) is 10.6 Å². The van der Waals surface area contributed by atoms with Crippen LogP contribution in [0, 0.1) is 12.8 Å². The van der Waals surface area contributed by atoms with Gasteiger partial charge in [0.1, 0.15) is 5.54 Å². The molecule has 0 heterocycles. The Bertz CT molecular complexity index is 519. The van der Waals surface area contributed by atoms with E-state index in [1.807, 2.05) is 6.92 Å². The van der Waals surface area contributed by atoms with Gasteiger partial charge < -0.3 is 10.4 Å². The van der Waals surface area contributed by atoms with Crippen LogP contribution in [0.1, 0.15) is 35.7 Å². The predicted octanol–water partition coefficient (Wildman–Crippen LogP) is 2.63. The van der Waals surface area contributed by atoms with Gasteiger partial charge in [-0.25, -0.2) is 4.79 Å². The van der Waals surface area contributed by atoms with Crippen LogP contribution >= 0.6 is 11.6 Å². The first kappa shape index (κ1) is 13.9. The molecule has 5 heteroatoms. The van der Waals surface area contributed by atoms with Crippen LogP contribution in [0.15, 0.2) is 18.2 Å². The first-order valence-electron chi connectivity index (χ1n) is 6.16. The van der Waals surface area contributed by atoms with Crippen molar-refractivity contribution in [1.29, 1.82) is 0 Å². The molecule has 1 fully saturated rings. The summed E-state index contributed by atoms with van der Waals surface area (Å²) in [5, 5.41) is 12.4. The van der Waals surface area contributed by atoms with Gasteiger partial charge in [-0.3, -0.25) is 4.79 Å². The van der Waals surface area contributed by atoms with Gasteiger partial charge in [-0.2, -0.15) is 0 Å². The molecule has 0 aromatic heterocycles. The Balaban J connectivity index is 2.22. The molecular weight excluding hydrogens is 266 g/mol. The summed E-state index contributed by atoms with van der Waals surface area (Å²) in [6.07, 6.45) is 1.66. The topological polar surface area (TPSA) is 66.4 Å². The average molecular weight is 282 g/mol. The molecule has 1 saturated carbocycles. The molecule has 0 spiro atoms. The van der Waals surface area contributed by atoms with Crippen LogP contribution in [-0.4, -0.2) is 22.5 Å². The summed E-state index contributed by atoms with van der Waals surface area (Å²) in [6, 6.07) is 4.98. The summed E-state index contributed by atoms with van der Waals surface area (Å²) in [7, 11) is 0. The predicted molar refractivity (Wildman–Crippen MR) is 72.4 cm³/mol. The lowest BCUT2D eigenvalue weighted by Crippen LogP contribution is -2.54. The summed E-state index contributed by atoms with van der Waals surface area (Å²) in [6.45, 7) is 3.39. The Hall–Kier alpha value is -1.55.